The maximum atomic E-state index is 4.32. The number of aliphatic imine (C=N–C) groups is 1. The van der Waals surface area contributed by atoms with E-state index in [1.54, 1.807) is 6.92 Å². The first-order valence-corrected chi connectivity index (χ1v) is 4.01. The largest absolute Gasteiger partial charge is 0.361 e. The molecule has 1 unspecified atom stereocenters. The Kier molecular flexibility index (Phi) is 1.54. The lowest BCUT2D eigenvalue weighted by Crippen LogP contribution is -2.10. The second-order valence-corrected chi connectivity index (χ2v) is 3.20. The Hall–Kier alpha value is -1.10. The third kappa shape index (κ3) is 1.06. The van der Waals surface area contributed by atoms with Gasteiger partial charge in [0.1, 0.15) is 5.84 Å². The van der Waals surface area contributed by atoms with Crippen LogP contribution in [0.25, 0.3) is 0 Å². The highest BCUT2D eigenvalue weighted by Crippen LogP contribution is 2.34. The van der Waals surface area contributed by atoms with Crippen LogP contribution in [-0.4, -0.2) is 10.8 Å². The summed E-state index contributed by atoms with van der Waals surface area (Å²) in [6, 6.07) is 3.76. The van der Waals surface area contributed by atoms with Crippen molar-refractivity contribution in [3.05, 3.63) is 24.0 Å². The summed E-state index contributed by atoms with van der Waals surface area (Å²) in [6.07, 6.45) is 1.81. The molecule has 1 aliphatic heterocycles. The Morgan fingerprint density at radius 1 is 1.58 bits per heavy atom. The minimum absolute atomic E-state index is 0.652. The number of azo groups is 1. The molecule has 0 fully saturated rings. The van der Waals surface area contributed by atoms with Crippen molar-refractivity contribution < 1.29 is 0 Å². The van der Waals surface area contributed by atoms with Gasteiger partial charge in [0.15, 0.2) is 0 Å². The molecule has 0 saturated heterocycles. The van der Waals surface area contributed by atoms with E-state index in [1.165, 1.54) is 0 Å². The highest BCUT2D eigenvalue weighted by Gasteiger charge is 2.31. The van der Waals surface area contributed by atoms with Crippen LogP contribution in [0.3, 0.4) is 0 Å². The monoisotopic (exact) mass is 180 g/mol. The number of nitrogens with zero attached hydrogens (tertiary/aromatic N) is 3. The van der Waals surface area contributed by atoms with Crippen molar-refractivity contribution >= 4 is 18.5 Å². The van der Waals surface area contributed by atoms with E-state index in [4.69, 9.17) is 0 Å². The zero-order valence-corrected chi connectivity index (χ0v) is 7.42. The summed E-state index contributed by atoms with van der Waals surface area (Å²) in [5.41, 5.74) is 0.839. The van der Waals surface area contributed by atoms with E-state index in [0.717, 1.165) is 5.69 Å². The van der Waals surface area contributed by atoms with Gasteiger partial charge in [-0.3, -0.25) is 0 Å². The Balaban J connectivity index is 2.43. The van der Waals surface area contributed by atoms with Crippen LogP contribution in [0.1, 0.15) is 12.6 Å². The van der Waals surface area contributed by atoms with Gasteiger partial charge in [-0.1, -0.05) is 0 Å². The highest BCUT2D eigenvalue weighted by molar-refractivity contribution is 7.81. The maximum Gasteiger partial charge on any atom is 0.256 e. The number of nitrogens with one attached hydrogen (secondary N) is 1. The predicted molar refractivity (Wildman–Crippen MR) is 49.4 cm³/mol. The SMILES string of the molecule is CC1=NC(S)(c2ccc[nH]2)N=N1. The molecular formula is C7H8N4S. The molecule has 0 spiro atoms. The van der Waals surface area contributed by atoms with Gasteiger partial charge in [0.05, 0.1) is 5.69 Å². The molecule has 0 bridgehead atoms. The molecule has 1 aromatic rings. The lowest BCUT2D eigenvalue weighted by molar-refractivity contribution is 0.682. The van der Waals surface area contributed by atoms with E-state index in [1.807, 2.05) is 18.3 Å². The molecule has 1 N–H and O–H groups in total. The summed E-state index contributed by atoms with van der Waals surface area (Å²) < 4.78 is 0. The molecule has 1 aromatic heterocycles. The van der Waals surface area contributed by atoms with Crippen molar-refractivity contribution in [2.75, 3.05) is 0 Å². The van der Waals surface area contributed by atoms with Crippen LogP contribution in [0.15, 0.2) is 33.6 Å². The summed E-state index contributed by atoms with van der Waals surface area (Å²) in [5, 5.41) is 7.77. The van der Waals surface area contributed by atoms with Gasteiger partial charge >= 0.3 is 0 Å². The molecule has 5 heteroatoms. The number of aromatic amines is 1. The molecular weight excluding hydrogens is 172 g/mol. The number of amidine groups is 1. The topological polar surface area (TPSA) is 52.9 Å². The van der Waals surface area contributed by atoms with Crippen molar-refractivity contribution in [3.63, 3.8) is 0 Å². The molecule has 4 nitrogen and oxygen atoms in total. The fourth-order valence-electron chi connectivity index (χ4n) is 1.07. The third-order valence-corrected chi connectivity index (χ3v) is 2.04. The van der Waals surface area contributed by atoms with Crippen LogP contribution in [0, 0.1) is 0 Å². The van der Waals surface area contributed by atoms with E-state index >= 15 is 0 Å². The molecule has 2 rings (SSSR count). The van der Waals surface area contributed by atoms with Gasteiger partial charge in [-0.2, -0.15) is 0 Å². The number of thiol groups is 1. The highest BCUT2D eigenvalue weighted by atomic mass is 32.1. The van der Waals surface area contributed by atoms with E-state index in [9.17, 15) is 0 Å². The molecule has 62 valence electrons. The van der Waals surface area contributed by atoms with E-state index in [2.05, 4.69) is 32.8 Å². The predicted octanol–water partition coefficient (Wildman–Crippen LogP) is 1.94. The molecule has 0 aromatic carbocycles. The molecule has 0 saturated carbocycles. The van der Waals surface area contributed by atoms with Gasteiger partial charge in [-0.25, -0.2) is 4.99 Å². The minimum Gasteiger partial charge on any atom is -0.361 e. The zero-order valence-electron chi connectivity index (χ0n) is 6.52. The number of rotatable bonds is 1. The zero-order chi connectivity index (χ0) is 8.60. The number of H-pyrrole nitrogens is 1. The normalized spacial score (nSPS) is 27.7. The van der Waals surface area contributed by atoms with Crippen molar-refractivity contribution in [2.24, 2.45) is 15.2 Å². The summed E-state index contributed by atoms with van der Waals surface area (Å²) in [6.45, 7) is 1.80. The smallest absolute Gasteiger partial charge is 0.256 e. The summed E-state index contributed by atoms with van der Waals surface area (Å²) >= 11 is 4.32. The van der Waals surface area contributed by atoms with Gasteiger partial charge in [-0.05, 0) is 19.1 Å². The average molecular weight is 180 g/mol. The summed E-state index contributed by atoms with van der Waals surface area (Å²) in [4.78, 5) is 6.36. The maximum absolute atomic E-state index is 4.32. The Morgan fingerprint density at radius 3 is 2.92 bits per heavy atom. The van der Waals surface area contributed by atoms with Gasteiger partial charge in [0, 0.05) is 6.20 Å². The first-order valence-electron chi connectivity index (χ1n) is 3.56. The molecule has 2 heterocycles. The third-order valence-electron chi connectivity index (χ3n) is 1.61. The van der Waals surface area contributed by atoms with E-state index < -0.39 is 4.99 Å². The number of hydrogen-bond acceptors (Lipinski definition) is 4. The Bertz CT molecular complexity index is 340. The van der Waals surface area contributed by atoms with Crippen molar-refractivity contribution in [2.45, 2.75) is 11.9 Å². The molecule has 0 amide bonds. The van der Waals surface area contributed by atoms with Crippen LogP contribution in [0.4, 0.5) is 0 Å². The molecule has 12 heavy (non-hydrogen) atoms. The molecule has 1 atom stereocenters. The molecule has 0 aliphatic carbocycles. The first kappa shape index (κ1) is 7.54. The number of aromatic nitrogens is 1. The fraction of sp³-hybridized carbons (Fsp3) is 0.286. The second-order valence-electron chi connectivity index (χ2n) is 2.58. The van der Waals surface area contributed by atoms with Gasteiger partial charge in [0.2, 0.25) is 0 Å². The lowest BCUT2D eigenvalue weighted by atomic mass is 10.3. The van der Waals surface area contributed by atoms with Gasteiger partial charge in [0.25, 0.3) is 4.99 Å². The standard InChI is InChI=1S/C7H8N4S/c1-5-9-7(12,11-10-5)6-3-2-4-8-6/h2-4,8,12H,1H3. The average Bonchev–Trinajstić information content (AvgIpc) is 2.59. The van der Waals surface area contributed by atoms with Crippen LogP contribution in [-0.2, 0) is 4.99 Å². The molecule has 1 aliphatic rings. The van der Waals surface area contributed by atoms with Crippen molar-refractivity contribution in [3.8, 4) is 0 Å². The van der Waals surface area contributed by atoms with E-state index in [-0.39, 0.29) is 0 Å². The van der Waals surface area contributed by atoms with E-state index in [0.29, 0.717) is 5.84 Å². The fourth-order valence-corrected chi connectivity index (χ4v) is 1.39. The van der Waals surface area contributed by atoms with Crippen LogP contribution >= 0.6 is 12.6 Å². The van der Waals surface area contributed by atoms with Gasteiger partial charge < -0.3 is 4.98 Å². The van der Waals surface area contributed by atoms with Crippen LogP contribution in [0.2, 0.25) is 0 Å². The quantitative estimate of drug-likeness (QED) is 0.621. The second kappa shape index (κ2) is 2.45. The summed E-state index contributed by atoms with van der Waals surface area (Å²) in [7, 11) is 0. The minimum atomic E-state index is -0.826. The Labute approximate surface area is 75.2 Å². The van der Waals surface area contributed by atoms with Crippen molar-refractivity contribution in [1.29, 1.82) is 0 Å². The molecule has 0 radical (unpaired) electrons. The lowest BCUT2D eigenvalue weighted by Gasteiger charge is -2.11. The number of hydrogen-bond donors (Lipinski definition) is 2. The van der Waals surface area contributed by atoms with Crippen LogP contribution in [0.5, 0.6) is 0 Å². The summed E-state index contributed by atoms with van der Waals surface area (Å²) in [5.74, 6) is 0.652. The first-order chi connectivity index (χ1) is 5.71. The van der Waals surface area contributed by atoms with Gasteiger partial charge in [-0.15, -0.1) is 22.9 Å². The van der Waals surface area contributed by atoms with Crippen molar-refractivity contribution in [1.82, 2.24) is 4.98 Å². The van der Waals surface area contributed by atoms with Crippen LogP contribution < -0.4 is 0 Å². The Morgan fingerprint density at radius 2 is 2.42 bits per heavy atom.